The van der Waals surface area contributed by atoms with Crippen molar-refractivity contribution in [2.24, 2.45) is 0 Å². The van der Waals surface area contributed by atoms with E-state index < -0.39 is 0 Å². The first-order valence-electron chi connectivity index (χ1n) is 7.33. The summed E-state index contributed by atoms with van der Waals surface area (Å²) in [6, 6.07) is 7.35. The molecular weight excluding hydrogens is 350 g/mol. The van der Waals surface area contributed by atoms with Crippen molar-refractivity contribution >= 4 is 46.5 Å². The number of nitrogens with zero attached hydrogens (tertiary/aromatic N) is 2. The molecule has 0 aliphatic carbocycles. The summed E-state index contributed by atoms with van der Waals surface area (Å²) < 4.78 is 7.15. The number of hydrogen-bond acceptors (Lipinski definition) is 7. The number of hydrogen-bond donors (Lipinski definition) is 1. The van der Waals surface area contributed by atoms with Gasteiger partial charge in [-0.1, -0.05) is 41.8 Å². The van der Waals surface area contributed by atoms with E-state index in [4.69, 9.17) is 4.74 Å². The molecule has 0 aliphatic rings. The molecule has 1 N–H and O–H groups in total. The Bertz CT molecular complexity index is 617. The third-order valence-corrected chi connectivity index (χ3v) is 5.99. The Labute approximate surface area is 148 Å². The molecule has 0 aliphatic heterocycles. The predicted molar refractivity (Wildman–Crippen MR) is 97.9 cm³/mol. The average Bonchev–Trinajstić information content (AvgIpc) is 3.01. The second-order valence-electron chi connectivity index (χ2n) is 4.48. The number of benzene rings is 1. The van der Waals surface area contributed by atoms with Crippen LogP contribution in [0.25, 0.3) is 0 Å². The second kappa shape index (κ2) is 9.79. The SMILES string of the molecule is CCCSc1nnc(SCC(=O)Nc2ccc(OCC)cc2)s1. The van der Waals surface area contributed by atoms with Crippen molar-refractivity contribution in [3.8, 4) is 5.75 Å². The van der Waals surface area contributed by atoms with Crippen LogP contribution in [0.5, 0.6) is 5.75 Å². The summed E-state index contributed by atoms with van der Waals surface area (Å²) in [5.41, 5.74) is 0.760. The summed E-state index contributed by atoms with van der Waals surface area (Å²) in [6.45, 7) is 4.70. The van der Waals surface area contributed by atoms with Crippen LogP contribution in [0.1, 0.15) is 20.3 Å². The highest BCUT2D eigenvalue weighted by molar-refractivity contribution is 8.03. The number of carbonyl (C=O) groups is 1. The number of nitrogens with one attached hydrogen (secondary N) is 1. The maximum atomic E-state index is 12.0. The summed E-state index contributed by atoms with van der Waals surface area (Å²) >= 11 is 4.65. The Balaban J connectivity index is 1.77. The van der Waals surface area contributed by atoms with Crippen LogP contribution in [0.2, 0.25) is 0 Å². The van der Waals surface area contributed by atoms with Crippen LogP contribution in [0.15, 0.2) is 32.9 Å². The molecule has 0 saturated carbocycles. The van der Waals surface area contributed by atoms with Gasteiger partial charge in [-0.3, -0.25) is 4.79 Å². The summed E-state index contributed by atoms with van der Waals surface area (Å²) in [5, 5.41) is 11.1. The molecule has 2 rings (SSSR count). The number of thioether (sulfide) groups is 2. The Kier molecular flexibility index (Phi) is 7.70. The standard InChI is InChI=1S/C15H19N3O2S3/c1-3-9-21-14-17-18-15(23-14)22-10-13(19)16-11-5-7-12(8-6-11)20-4-2/h5-8H,3-4,9-10H2,1-2H3,(H,16,19). The molecule has 1 heterocycles. The molecule has 1 aromatic carbocycles. The van der Waals surface area contributed by atoms with Crippen LogP contribution in [-0.4, -0.2) is 34.2 Å². The third-order valence-electron chi connectivity index (χ3n) is 2.59. The van der Waals surface area contributed by atoms with Crippen LogP contribution < -0.4 is 10.1 Å². The molecule has 0 unspecified atom stereocenters. The van der Waals surface area contributed by atoms with Crippen molar-refractivity contribution in [1.82, 2.24) is 10.2 Å². The molecule has 8 heteroatoms. The second-order valence-corrected chi connectivity index (χ2v) is 8.02. The van der Waals surface area contributed by atoms with E-state index in [1.165, 1.54) is 23.1 Å². The Morgan fingerprint density at radius 2 is 1.87 bits per heavy atom. The van der Waals surface area contributed by atoms with Gasteiger partial charge in [0.1, 0.15) is 5.75 Å². The zero-order valence-electron chi connectivity index (χ0n) is 13.1. The van der Waals surface area contributed by atoms with E-state index in [1.807, 2.05) is 31.2 Å². The number of amides is 1. The maximum Gasteiger partial charge on any atom is 0.234 e. The van der Waals surface area contributed by atoms with Gasteiger partial charge in [0.25, 0.3) is 0 Å². The van der Waals surface area contributed by atoms with Crippen molar-refractivity contribution in [3.63, 3.8) is 0 Å². The van der Waals surface area contributed by atoms with Crippen LogP contribution in [-0.2, 0) is 4.79 Å². The topological polar surface area (TPSA) is 64.1 Å². The largest absolute Gasteiger partial charge is 0.494 e. The number of aromatic nitrogens is 2. The summed E-state index contributed by atoms with van der Waals surface area (Å²) in [5.74, 6) is 2.10. The normalized spacial score (nSPS) is 10.5. The van der Waals surface area contributed by atoms with Crippen LogP contribution in [0.4, 0.5) is 5.69 Å². The molecule has 23 heavy (non-hydrogen) atoms. The van der Waals surface area contributed by atoms with E-state index in [0.717, 1.165) is 32.3 Å². The van der Waals surface area contributed by atoms with Crippen LogP contribution >= 0.6 is 34.9 Å². The first kappa shape index (κ1) is 18.1. The molecule has 5 nitrogen and oxygen atoms in total. The number of ether oxygens (including phenoxy) is 1. The lowest BCUT2D eigenvalue weighted by Gasteiger charge is -2.06. The van der Waals surface area contributed by atoms with E-state index >= 15 is 0 Å². The highest BCUT2D eigenvalue weighted by Crippen LogP contribution is 2.29. The smallest absolute Gasteiger partial charge is 0.234 e. The maximum absolute atomic E-state index is 12.0. The van der Waals surface area contributed by atoms with Gasteiger partial charge in [-0.25, -0.2) is 0 Å². The summed E-state index contributed by atoms with van der Waals surface area (Å²) in [7, 11) is 0. The molecular formula is C15H19N3O2S3. The fourth-order valence-corrected chi connectivity index (χ4v) is 4.37. The van der Waals surface area contributed by atoms with E-state index in [0.29, 0.717) is 12.4 Å². The zero-order chi connectivity index (χ0) is 16.5. The zero-order valence-corrected chi connectivity index (χ0v) is 15.5. The lowest BCUT2D eigenvalue weighted by atomic mass is 10.3. The molecule has 124 valence electrons. The number of rotatable bonds is 9. The van der Waals surface area contributed by atoms with Gasteiger partial charge in [-0.05, 0) is 37.6 Å². The van der Waals surface area contributed by atoms with Gasteiger partial charge in [-0.2, -0.15) is 0 Å². The molecule has 0 fully saturated rings. The van der Waals surface area contributed by atoms with Crippen molar-refractivity contribution in [2.45, 2.75) is 28.9 Å². The van der Waals surface area contributed by atoms with Gasteiger partial charge in [0.2, 0.25) is 5.91 Å². The third kappa shape index (κ3) is 6.40. The summed E-state index contributed by atoms with van der Waals surface area (Å²) in [6.07, 6.45) is 1.11. The highest BCUT2D eigenvalue weighted by Gasteiger charge is 2.09. The van der Waals surface area contributed by atoms with Crippen molar-refractivity contribution in [3.05, 3.63) is 24.3 Å². The fraction of sp³-hybridized carbons (Fsp3) is 0.400. The molecule has 1 aromatic heterocycles. The van der Waals surface area contributed by atoms with E-state index in [2.05, 4.69) is 22.4 Å². The Morgan fingerprint density at radius 1 is 1.17 bits per heavy atom. The first-order chi connectivity index (χ1) is 11.2. The average molecular weight is 370 g/mol. The number of anilines is 1. The van der Waals surface area contributed by atoms with Crippen molar-refractivity contribution in [2.75, 3.05) is 23.4 Å². The molecule has 0 radical (unpaired) electrons. The van der Waals surface area contributed by atoms with Crippen molar-refractivity contribution < 1.29 is 9.53 Å². The minimum absolute atomic E-state index is 0.0582. The molecule has 1 amide bonds. The van der Waals surface area contributed by atoms with E-state index in [9.17, 15) is 4.79 Å². The van der Waals surface area contributed by atoms with Gasteiger partial charge in [0.05, 0.1) is 12.4 Å². The molecule has 0 spiro atoms. The van der Waals surface area contributed by atoms with Gasteiger partial charge in [0, 0.05) is 11.4 Å². The molecule has 0 bridgehead atoms. The van der Waals surface area contributed by atoms with Crippen LogP contribution in [0, 0.1) is 0 Å². The van der Waals surface area contributed by atoms with Crippen LogP contribution in [0.3, 0.4) is 0 Å². The summed E-state index contributed by atoms with van der Waals surface area (Å²) in [4.78, 5) is 12.0. The Hall–Kier alpha value is -1.25. The number of carbonyl (C=O) groups excluding carboxylic acids is 1. The molecule has 0 saturated heterocycles. The van der Waals surface area contributed by atoms with E-state index in [1.54, 1.807) is 11.8 Å². The Morgan fingerprint density at radius 3 is 2.52 bits per heavy atom. The minimum Gasteiger partial charge on any atom is -0.494 e. The molecule has 2 aromatic rings. The fourth-order valence-electron chi connectivity index (χ4n) is 1.63. The van der Waals surface area contributed by atoms with Gasteiger partial charge >= 0.3 is 0 Å². The van der Waals surface area contributed by atoms with Gasteiger partial charge in [0.15, 0.2) is 8.68 Å². The predicted octanol–water partition coefficient (Wildman–Crippen LogP) is 4.17. The van der Waals surface area contributed by atoms with Gasteiger partial charge < -0.3 is 10.1 Å². The van der Waals surface area contributed by atoms with Gasteiger partial charge in [-0.15, -0.1) is 10.2 Å². The quantitative estimate of drug-likeness (QED) is 0.669. The molecule has 0 atom stereocenters. The monoisotopic (exact) mass is 369 g/mol. The lowest BCUT2D eigenvalue weighted by molar-refractivity contribution is -0.113. The minimum atomic E-state index is -0.0582. The van der Waals surface area contributed by atoms with E-state index in [-0.39, 0.29) is 5.91 Å². The van der Waals surface area contributed by atoms with Crippen molar-refractivity contribution in [1.29, 1.82) is 0 Å². The highest BCUT2D eigenvalue weighted by atomic mass is 32.2. The first-order valence-corrected chi connectivity index (χ1v) is 10.1. The lowest BCUT2D eigenvalue weighted by Crippen LogP contribution is -2.13.